The minimum atomic E-state index is -4.24. The molecule has 1 spiro atoms. The van der Waals surface area contributed by atoms with Gasteiger partial charge in [0.15, 0.2) is 0 Å². The van der Waals surface area contributed by atoms with Gasteiger partial charge in [0.1, 0.15) is 24.2 Å². The number of methoxy groups -OCH3 is 1. The molecular weight excluding hydrogens is 611 g/mol. The Bertz CT molecular complexity index is 2050. The van der Waals surface area contributed by atoms with Crippen molar-refractivity contribution >= 4 is 27.5 Å². The molecule has 7 rings (SSSR count). The number of nitrogens with zero attached hydrogens (tertiary/aromatic N) is 2. The summed E-state index contributed by atoms with van der Waals surface area (Å²) >= 11 is 0. The Morgan fingerprint density at radius 3 is 2.06 bits per heavy atom. The quantitative estimate of drug-likeness (QED) is 0.197. The number of nitrogens with one attached hydrogen (secondary N) is 1. The zero-order valence-electron chi connectivity index (χ0n) is 25.9. The van der Waals surface area contributed by atoms with Crippen molar-refractivity contribution in [1.82, 2.24) is 5.06 Å². The van der Waals surface area contributed by atoms with E-state index in [9.17, 15) is 13.2 Å². The zero-order valence-corrected chi connectivity index (χ0v) is 26.7. The van der Waals surface area contributed by atoms with Crippen LogP contribution >= 0.6 is 0 Å². The van der Waals surface area contributed by atoms with Crippen molar-refractivity contribution in [2.75, 3.05) is 12.4 Å². The fourth-order valence-corrected chi connectivity index (χ4v) is 7.77. The maximum Gasteiger partial charge on any atom is 0.283 e. The highest BCUT2D eigenvalue weighted by Gasteiger charge is 2.68. The molecule has 1 N–H and O–H groups in total. The number of anilines is 1. The third-order valence-electron chi connectivity index (χ3n) is 8.89. The summed E-state index contributed by atoms with van der Waals surface area (Å²) in [4.78, 5) is 21.5. The molecule has 0 aliphatic carbocycles. The van der Waals surface area contributed by atoms with Gasteiger partial charge in [-0.05, 0) is 59.5 Å². The molecule has 2 heterocycles. The number of carbonyl (C=O) groups is 1. The van der Waals surface area contributed by atoms with Crippen LogP contribution in [0.1, 0.15) is 39.8 Å². The van der Waals surface area contributed by atoms with Crippen molar-refractivity contribution in [2.45, 2.75) is 35.8 Å². The van der Waals surface area contributed by atoms with E-state index in [1.807, 2.05) is 110 Å². The zero-order chi connectivity index (χ0) is 32.6. The Kier molecular flexibility index (Phi) is 7.87. The number of hydrogen-bond donors (Lipinski definition) is 1. The van der Waals surface area contributed by atoms with E-state index in [0.717, 1.165) is 16.7 Å². The number of carbonyl (C=O) groups excluding carboxylic acids is 1. The fraction of sp³-hybridized carbons (Fsp3) is 0.158. The predicted octanol–water partition coefficient (Wildman–Crippen LogP) is 6.95. The average molecular weight is 644 g/mol. The number of hydroxylamine groups is 2. The van der Waals surface area contributed by atoms with Gasteiger partial charge in [-0.25, -0.2) is 5.06 Å². The molecule has 47 heavy (non-hydrogen) atoms. The SMILES string of the molecule is COc1ccc2c(c1)C1(/C(=N/S(=O)(=O)c3ccc(C)cc3)N2)C(c2ccccc2)C(=O)N(OCc2ccccc2)C1c1ccccc1. The van der Waals surface area contributed by atoms with Crippen molar-refractivity contribution in [2.24, 2.45) is 4.40 Å². The second kappa shape index (κ2) is 12.2. The Morgan fingerprint density at radius 2 is 1.43 bits per heavy atom. The van der Waals surface area contributed by atoms with Crippen LogP contribution in [0.5, 0.6) is 5.75 Å². The van der Waals surface area contributed by atoms with E-state index in [2.05, 4.69) is 9.71 Å². The lowest BCUT2D eigenvalue weighted by atomic mass is 9.64. The first-order chi connectivity index (χ1) is 22.8. The van der Waals surface area contributed by atoms with Crippen LogP contribution < -0.4 is 10.1 Å². The second-order valence-electron chi connectivity index (χ2n) is 11.7. The Morgan fingerprint density at radius 1 is 0.809 bits per heavy atom. The number of rotatable bonds is 8. The molecule has 236 valence electrons. The number of benzene rings is 5. The molecule has 8 nitrogen and oxygen atoms in total. The summed E-state index contributed by atoms with van der Waals surface area (Å²) in [5, 5.41) is 4.77. The highest BCUT2D eigenvalue weighted by atomic mass is 32.2. The van der Waals surface area contributed by atoms with Gasteiger partial charge in [0.25, 0.3) is 15.9 Å². The van der Waals surface area contributed by atoms with Crippen molar-refractivity contribution in [3.05, 3.63) is 161 Å². The van der Waals surface area contributed by atoms with E-state index in [0.29, 0.717) is 22.6 Å². The maximum absolute atomic E-state index is 15.0. The molecule has 1 amide bonds. The number of aryl methyl sites for hydroxylation is 1. The van der Waals surface area contributed by atoms with Crippen LogP contribution in [-0.4, -0.2) is 32.3 Å². The highest BCUT2D eigenvalue weighted by Crippen LogP contribution is 2.62. The third-order valence-corrected chi connectivity index (χ3v) is 10.2. The minimum Gasteiger partial charge on any atom is -0.497 e. The lowest BCUT2D eigenvalue weighted by molar-refractivity contribution is -0.198. The van der Waals surface area contributed by atoms with Crippen molar-refractivity contribution in [1.29, 1.82) is 0 Å². The van der Waals surface area contributed by atoms with Crippen LogP contribution in [0.2, 0.25) is 0 Å². The summed E-state index contributed by atoms with van der Waals surface area (Å²) in [6, 6.07) is 39.8. The first kappa shape index (κ1) is 30.4. The summed E-state index contributed by atoms with van der Waals surface area (Å²) in [5.41, 5.74) is 3.18. The van der Waals surface area contributed by atoms with Crippen LogP contribution in [-0.2, 0) is 31.7 Å². The first-order valence-electron chi connectivity index (χ1n) is 15.3. The number of amides is 1. The standard InChI is InChI=1S/C38H33N3O5S/c1-26-18-21-31(22-19-26)47(43,44)40-37-38(32-24-30(45-2)20-23-33(32)39-37)34(28-14-8-4-9-15-28)36(42)41(35(38)29-16-10-5-11-17-29)46-25-27-12-6-3-7-13-27/h3-24,34-35H,25H2,1-2H3,(H,39,40). The van der Waals surface area contributed by atoms with Crippen LogP contribution in [0, 0.1) is 6.92 Å². The normalized spacial score (nSPS) is 21.2. The average Bonchev–Trinajstić information content (AvgIpc) is 3.54. The van der Waals surface area contributed by atoms with E-state index in [-0.39, 0.29) is 23.2 Å². The first-order valence-corrected chi connectivity index (χ1v) is 16.7. The minimum absolute atomic E-state index is 0.0510. The van der Waals surface area contributed by atoms with Gasteiger partial charge in [0.2, 0.25) is 0 Å². The second-order valence-corrected chi connectivity index (χ2v) is 13.3. The van der Waals surface area contributed by atoms with Crippen LogP contribution in [0.4, 0.5) is 5.69 Å². The van der Waals surface area contributed by atoms with E-state index in [4.69, 9.17) is 9.57 Å². The van der Waals surface area contributed by atoms with Gasteiger partial charge in [0.05, 0.1) is 23.3 Å². The molecule has 0 radical (unpaired) electrons. The van der Waals surface area contributed by atoms with Gasteiger partial charge in [-0.15, -0.1) is 4.40 Å². The van der Waals surface area contributed by atoms with Crippen molar-refractivity contribution in [3.63, 3.8) is 0 Å². The van der Waals surface area contributed by atoms with Crippen LogP contribution in [0.3, 0.4) is 0 Å². The number of sulfonamides is 1. The summed E-state index contributed by atoms with van der Waals surface area (Å²) in [6.07, 6.45) is 0. The predicted molar refractivity (Wildman–Crippen MR) is 181 cm³/mol. The smallest absolute Gasteiger partial charge is 0.283 e. The molecule has 5 aromatic rings. The topological polar surface area (TPSA) is 97.3 Å². The Balaban J connectivity index is 1.53. The monoisotopic (exact) mass is 643 g/mol. The van der Waals surface area contributed by atoms with Gasteiger partial charge >= 0.3 is 0 Å². The van der Waals surface area contributed by atoms with Gasteiger partial charge < -0.3 is 10.1 Å². The molecule has 0 aromatic heterocycles. The summed E-state index contributed by atoms with van der Waals surface area (Å²) in [6.45, 7) is 2.02. The van der Waals surface area contributed by atoms with Crippen molar-refractivity contribution < 1.29 is 22.8 Å². The largest absolute Gasteiger partial charge is 0.497 e. The Hall–Kier alpha value is -5.25. The molecule has 1 fully saturated rings. The maximum atomic E-state index is 15.0. The van der Waals surface area contributed by atoms with Gasteiger partial charge in [0, 0.05) is 5.69 Å². The van der Waals surface area contributed by atoms with Crippen LogP contribution in [0.15, 0.2) is 143 Å². The molecule has 3 unspecified atom stereocenters. The van der Waals surface area contributed by atoms with E-state index >= 15 is 0 Å². The van der Waals surface area contributed by atoms with Gasteiger partial charge in [-0.1, -0.05) is 109 Å². The molecule has 1 saturated heterocycles. The molecule has 5 aromatic carbocycles. The van der Waals surface area contributed by atoms with E-state index in [1.165, 1.54) is 5.06 Å². The highest BCUT2D eigenvalue weighted by molar-refractivity contribution is 7.90. The molecule has 9 heteroatoms. The number of amidine groups is 1. The van der Waals surface area contributed by atoms with Crippen LogP contribution in [0.25, 0.3) is 0 Å². The number of fused-ring (bicyclic) bond motifs is 2. The molecule has 0 bridgehead atoms. The summed E-state index contributed by atoms with van der Waals surface area (Å²) in [7, 11) is -2.66. The summed E-state index contributed by atoms with van der Waals surface area (Å²) in [5.74, 6) is -0.554. The number of hydrogen-bond acceptors (Lipinski definition) is 5. The van der Waals surface area contributed by atoms with Gasteiger partial charge in [-0.3, -0.25) is 9.63 Å². The molecule has 0 saturated carbocycles. The lowest BCUT2D eigenvalue weighted by Gasteiger charge is -2.37. The molecule has 2 aliphatic rings. The van der Waals surface area contributed by atoms with E-state index in [1.54, 1.807) is 37.4 Å². The molecule has 2 aliphatic heterocycles. The summed E-state index contributed by atoms with van der Waals surface area (Å²) < 4.78 is 38.4. The fourth-order valence-electron chi connectivity index (χ4n) is 6.74. The third kappa shape index (κ3) is 5.27. The number of ether oxygens (including phenoxy) is 1. The molecule has 3 atom stereocenters. The van der Waals surface area contributed by atoms with Gasteiger partial charge in [-0.2, -0.15) is 8.42 Å². The lowest BCUT2D eigenvalue weighted by Crippen LogP contribution is -2.44. The Labute approximate surface area is 274 Å². The van der Waals surface area contributed by atoms with E-state index < -0.39 is 27.4 Å². The molecular formula is C38H33N3O5S. The van der Waals surface area contributed by atoms with Crippen molar-refractivity contribution in [3.8, 4) is 5.75 Å².